The Balaban J connectivity index is 2.01. The lowest BCUT2D eigenvalue weighted by Gasteiger charge is -2.12. The van der Waals surface area contributed by atoms with Crippen molar-refractivity contribution < 1.29 is 0 Å². The third-order valence-corrected chi connectivity index (χ3v) is 3.34. The number of hydrogen-bond acceptors (Lipinski definition) is 3. The molecule has 0 saturated heterocycles. The van der Waals surface area contributed by atoms with Gasteiger partial charge in [0.1, 0.15) is 0 Å². The molecule has 0 aromatic carbocycles. The molecule has 0 saturated carbocycles. The van der Waals surface area contributed by atoms with Crippen LogP contribution < -0.4 is 5.73 Å². The van der Waals surface area contributed by atoms with Gasteiger partial charge < -0.3 is 5.73 Å². The molecule has 2 rings (SSSR count). The van der Waals surface area contributed by atoms with Crippen molar-refractivity contribution >= 4 is 15.9 Å². The van der Waals surface area contributed by atoms with E-state index >= 15 is 0 Å². The van der Waals surface area contributed by atoms with Crippen molar-refractivity contribution in [3.8, 4) is 0 Å². The van der Waals surface area contributed by atoms with Crippen molar-refractivity contribution in [2.75, 3.05) is 0 Å². The number of pyridine rings is 1. The first-order valence-corrected chi connectivity index (χ1v) is 6.30. The molecule has 5 heteroatoms. The molecule has 0 aliphatic heterocycles. The van der Waals surface area contributed by atoms with E-state index in [4.69, 9.17) is 5.73 Å². The van der Waals surface area contributed by atoms with Gasteiger partial charge in [0, 0.05) is 25.0 Å². The Kier molecular flexibility index (Phi) is 3.91. The van der Waals surface area contributed by atoms with Gasteiger partial charge in [-0.2, -0.15) is 5.10 Å². The Morgan fingerprint density at radius 1 is 1.47 bits per heavy atom. The molecule has 0 aliphatic carbocycles. The maximum atomic E-state index is 6.17. The van der Waals surface area contributed by atoms with Gasteiger partial charge in [-0.15, -0.1) is 0 Å². The predicted molar refractivity (Wildman–Crippen MR) is 70.4 cm³/mol. The van der Waals surface area contributed by atoms with Gasteiger partial charge in [-0.3, -0.25) is 9.67 Å². The molecule has 0 radical (unpaired) electrons. The second-order valence-corrected chi connectivity index (χ2v) is 4.82. The van der Waals surface area contributed by atoms with Gasteiger partial charge in [0.15, 0.2) is 0 Å². The first-order chi connectivity index (χ1) is 8.18. The average Bonchev–Trinajstić information content (AvgIpc) is 2.67. The summed E-state index contributed by atoms with van der Waals surface area (Å²) in [5.41, 5.74) is 8.27. The van der Waals surface area contributed by atoms with Crippen LogP contribution in [0.1, 0.15) is 23.9 Å². The summed E-state index contributed by atoms with van der Waals surface area (Å²) in [5, 5.41) is 4.17. The van der Waals surface area contributed by atoms with Crippen molar-refractivity contribution in [2.24, 2.45) is 12.8 Å². The highest BCUT2D eigenvalue weighted by atomic mass is 79.9. The molecule has 0 aliphatic rings. The van der Waals surface area contributed by atoms with Crippen molar-refractivity contribution in [3.63, 3.8) is 0 Å². The molecule has 4 nitrogen and oxygen atoms in total. The van der Waals surface area contributed by atoms with E-state index in [1.165, 1.54) is 0 Å². The van der Waals surface area contributed by atoms with Crippen LogP contribution in [0.15, 0.2) is 35.1 Å². The number of nitrogens with zero attached hydrogens (tertiary/aromatic N) is 3. The molecule has 1 unspecified atom stereocenters. The standard InChI is InChI=1S/C12H15BrN4/c1-17-12(10(13)8-16-17)11(14)6-5-9-4-2-3-7-15-9/h2-4,7-8,11H,5-6,14H2,1H3. The van der Waals surface area contributed by atoms with E-state index in [2.05, 4.69) is 26.0 Å². The molecular weight excluding hydrogens is 280 g/mol. The lowest BCUT2D eigenvalue weighted by atomic mass is 10.1. The van der Waals surface area contributed by atoms with Crippen LogP contribution in [0.25, 0.3) is 0 Å². The molecule has 0 spiro atoms. The highest BCUT2D eigenvalue weighted by Crippen LogP contribution is 2.23. The molecule has 2 N–H and O–H groups in total. The van der Waals surface area contributed by atoms with Crippen LogP contribution in [0.5, 0.6) is 0 Å². The van der Waals surface area contributed by atoms with Crippen LogP contribution in [0.2, 0.25) is 0 Å². The van der Waals surface area contributed by atoms with Crippen LogP contribution in [0, 0.1) is 0 Å². The second kappa shape index (κ2) is 5.42. The van der Waals surface area contributed by atoms with Crippen LogP contribution in [-0.4, -0.2) is 14.8 Å². The van der Waals surface area contributed by atoms with E-state index in [9.17, 15) is 0 Å². The largest absolute Gasteiger partial charge is 0.323 e. The molecule has 0 bridgehead atoms. The summed E-state index contributed by atoms with van der Waals surface area (Å²) in [5.74, 6) is 0. The maximum Gasteiger partial charge on any atom is 0.0690 e. The lowest BCUT2D eigenvalue weighted by molar-refractivity contribution is 0.576. The van der Waals surface area contributed by atoms with Crippen LogP contribution in [0.4, 0.5) is 0 Å². The van der Waals surface area contributed by atoms with Gasteiger partial charge in [0.05, 0.1) is 16.4 Å². The molecule has 2 aromatic heterocycles. The van der Waals surface area contributed by atoms with Crippen molar-refractivity contribution in [1.29, 1.82) is 0 Å². The Labute approximate surface area is 109 Å². The van der Waals surface area contributed by atoms with Crippen molar-refractivity contribution in [3.05, 3.63) is 46.5 Å². The average molecular weight is 295 g/mol. The van der Waals surface area contributed by atoms with Gasteiger partial charge >= 0.3 is 0 Å². The fourth-order valence-electron chi connectivity index (χ4n) is 1.82. The van der Waals surface area contributed by atoms with E-state index in [1.807, 2.05) is 29.9 Å². The number of hydrogen-bond donors (Lipinski definition) is 1. The quantitative estimate of drug-likeness (QED) is 0.941. The number of aryl methyl sites for hydroxylation is 2. The zero-order valence-corrected chi connectivity index (χ0v) is 11.3. The lowest BCUT2D eigenvalue weighted by Crippen LogP contribution is -2.16. The minimum absolute atomic E-state index is 0.0288. The Hall–Kier alpha value is -1.20. The minimum Gasteiger partial charge on any atom is -0.323 e. The van der Waals surface area contributed by atoms with Crippen molar-refractivity contribution in [2.45, 2.75) is 18.9 Å². The molecular formula is C12H15BrN4. The summed E-state index contributed by atoms with van der Waals surface area (Å²) in [6.45, 7) is 0. The summed E-state index contributed by atoms with van der Waals surface area (Å²) < 4.78 is 2.78. The van der Waals surface area contributed by atoms with Crippen LogP contribution in [-0.2, 0) is 13.5 Å². The summed E-state index contributed by atoms with van der Waals surface area (Å²) in [4.78, 5) is 4.29. The number of rotatable bonds is 4. The van der Waals surface area contributed by atoms with E-state index in [1.54, 1.807) is 12.4 Å². The summed E-state index contributed by atoms with van der Waals surface area (Å²) in [6.07, 6.45) is 5.31. The fraction of sp³-hybridized carbons (Fsp3) is 0.333. The SMILES string of the molecule is Cn1ncc(Br)c1C(N)CCc1ccccn1. The third-order valence-electron chi connectivity index (χ3n) is 2.73. The van der Waals surface area contributed by atoms with Gasteiger partial charge in [-0.05, 0) is 40.9 Å². The predicted octanol–water partition coefficient (Wildman–Crippen LogP) is 2.21. The first-order valence-electron chi connectivity index (χ1n) is 5.51. The van der Waals surface area contributed by atoms with E-state index in [0.717, 1.165) is 28.7 Å². The number of nitrogens with two attached hydrogens (primary N) is 1. The molecule has 90 valence electrons. The first kappa shape index (κ1) is 12.3. The van der Waals surface area contributed by atoms with E-state index in [-0.39, 0.29) is 6.04 Å². The van der Waals surface area contributed by atoms with Crippen molar-refractivity contribution in [1.82, 2.24) is 14.8 Å². The Morgan fingerprint density at radius 2 is 2.29 bits per heavy atom. The Bertz CT molecular complexity index is 461. The van der Waals surface area contributed by atoms with E-state index in [0.29, 0.717) is 0 Å². The zero-order valence-electron chi connectivity index (χ0n) is 9.68. The van der Waals surface area contributed by atoms with Crippen LogP contribution >= 0.6 is 15.9 Å². The molecule has 2 aromatic rings. The smallest absolute Gasteiger partial charge is 0.0690 e. The topological polar surface area (TPSA) is 56.7 Å². The minimum atomic E-state index is -0.0288. The van der Waals surface area contributed by atoms with Gasteiger partial charge in [0.2, 0.25) is 0 Å². The molecule has 1 atom stereocenters. The molecule has 17 heavy (non-hydrogen) atoms. The highest BCUT2D eigenvalue weighted by Gasteiger charge is 2.14. The second-order valence-electron chi connectivity index (χ2n) is 3.97. The summed E-state index contributed by atoms with van der Waals surface area (Å²) in [6, 6.07) is 5.90. The number of halogens is 1. The molecule has 0 amide bonds. The van der Waals surface area contributed by atoms with Gasteiger partial charge in [0.25, 0.3) is 0 Å². The third kappa shape index (κ3) is 2.92. The summed E-state index contributed by atoms with van der Waals surface area (Å²) in [7, 11) is 1.90. The van der Waals surface area contributed by atoms with Crippen LogP contribution in [0.3, 0.4) is 0 Å². The van der Waals surface area contributed by atoms with Gasteiger partial charge in [-0.1, -0.05) is 6.07 Å². The zero-order chi connectivity index (χ0) is 12.3. The molecule has 2 heterocycles. The monoisotopic (exact) mass is 294 g/mol. The normalized spacial score (nSPS) is 12.6. The summed E-state index contributed by atoms with van der Waals surface area (Å²) >= 11 is 3.46. The Morgan fingerprint density at radius 3 is 2.88 bits per heavy atom. The molecule has 0 fully saturated rings. The number of aromatic nitrogens is 3. The van der Waals surface area contributed by atoms with Gasteiger partial charge in [-0.25, -0.2) is 0 Å². The highest BCUT2D eigenvalue weighted by molar-refractivity contribution is 9.10. The van der Waals surface area contributed by atoms with E-state index < -0.39 is 0 Å². The fourth-order valence-corrected chi connectivity index (χ4v) is 2.47. The maximum absolute atomic E-state index is 6.17.